The zero-order chi connectivity index (χ0) is 19.7. The fourth-order valence-corrected chi connectivity index (χ4v) is 4.70. The van der Waals surface area contributed by atoms with Gasteiger partial charge in [-0.3, -0.25) is 4.90 Å². The Morgan fingerprint density at radius 1 is 0.966 bits per heavy atom. The number of ether oxygens (including phenoxy) is 1. The van der Waals surface area contributed by atoms with Crippen LogP contribution in [0, 0.1) is 0 Å². The summed E-state index contributed by atoms with van der Waals surface area (Å²) in [7, 11) is 0. The molecule has 0 saturated carbocycles. The van der Waals surface area contributed by atoms with Crippen molar-refractivity contribution in [1.82, 2.24) is 9.27 Å². The van der Waals surface area contributed by atoms with E-state index in [9.17, 15) is 0 Å². The van der Waals surface area contributed by atoms with Crippen LogP contribution in [0.5, 0.6) is 5.75 Å². The van der Waals surface area contributed by atoms with E-state index in [0.717, 1.165) is 31.1 Å². The van der Waals surface area contributed by atoms with Crippen LogP contribution in [0.4, 0.5) is 5.82 Å². The lowest BCUT2D eigenvalue weighted by Crippen LogP contribution is -2.26. The summed E-state index contributed by atoms with van der Waals surface area (Å²) in [5, 5.41) is 4.65. The molecule has 1 aromatic heterocycles. The SMILES string of the molecule is c1cc(CN2CCCCCCC2)cc(OCCCNc2nsc3ccccc23)c1. The summed E-state index contributed by atoms with van der Waals surface area (Å²) in [6.45, 7) is 5.06. The van der Waals surface area contributed by atoms with Crippen molar-refractivity contribution in [1.29, 1.82) is 0 Å². The molecule has 1 aliphatic rings. The van der Waals surface area contributed by atoms with Crippen molar-refractivity contribution in [3.05, 3.63) is 54.1 Å². The molecule has 29 heavy (non-hydrogen) atoms. The van der Waals surface area contributed by atoms with E-state index in [1.807, 2.05) is 0 Å². The highest BCUT2D eigenvalue weighted by Gasteiger charge is 2.09. The van der Waals surface area contributed by atoms with Gasteiger partial charge in [0.2, 0.25) is 0 Å². The molecule has 0 bridgehead atoms. The van der Waals surface area contributed by atoms with E-state index in [-0.39, 0.29) is 0 Å². The van der Waals surface area contributed by atoms with E-state index < -0.39 is 0 Å². The molecule has 4 rings (SSSR count). The summed E-state index contributed by atoms with van der Waals surface area (Å²) in [6.07, 6.45) is 7.77. The predicted octanol–water partition coefficient (Wildman–Crippen LogP) is 5.94. The third-order valence-corrected chi connectivity index (χ3v) is 6.34. The molecule has 0 amide bonds. The number of fused-ring (bicyclic) bond motifs is 1. The number of likely N-dealkylation sites (tertiary alicyclic amines) is 1. The van der Waals surface area contributed by atoms with Crippen LogP contribution in [0.2, 0.25) is 0 Å². The van der Waals surface area contributed by atoms with E-state index in [4.69, 9.17) is 4.74 Å². The van der Waals surface area contributed by atoms with Crippen molar-refractivity contribution < 1.29 is 4.74 Å². The number of rotatable bonds is 8. The van der Waals surface area contributed by atoms with Gasteiger partial charge in [-0.1, -0.05) is 43.5 Å². The molecule has 0 radical (unpaired) electrons. The van der Waals surface area contributed by atoms with Crippen LogP contribution >= 0.6 is 11.5 Å². The minimum atomic E-state index is 0.711. The van der Waals surface area contributed by atoms with Gasteiger partial charge in [-0.25, -0.2) is 0 Å². The monoisotopic (exact) mass is 409 g/mol. The molecule has 2 heterocycles. The standard InChI is InChI=1S/C24H31N3OS/c1-2-6-15-27(16-7-3-1)19-20-10-8-11-21(18-20)28-17-9-14-25-24-22-12-4-5-13-23(22)29-26-24/h4-5,8,10-13,18H,1-3,6-7,9,14-17,19H2,(H,25,26). The Kier molecular flexibility index (Phi) is 7.38. The number of hydrogen-bond acceptors (Lipinski definition) is 5. The zero-order valence-corrected chi connectivity index (χ0v) is 17.9. The molecule has 1 fully saturated rings. The van der Waals surface area contributed by atoms with Crippen molar-refractivity contribution in [2.24, 2.45) is 0 Å². The van der Waals surface area contributed by atoms with Gasteiger partial charge in [0.05, 0.1) is 11.3 Å². The second-order valence-corrected chi connectivity index (χ2v) is 8.65. The van der Waals surface area contributed by atoms with Crippen molar-refractivity contribution >= 4 is 27.4 Å². The van der Waals surface area contributed by atoms with Crippen LogP contribution in [0.1, 0.15) is 44.1 Å². The molecule has 154 valence electrons. The highest BCUT2D eigenvalue weighted by molar-refractivity contribution is 7.13. The van der Waals surface area contributed by atoms with Gasteiger partial charge in [0.25, 0.3) is 0 Å². The van der Waals surface area contributed by atoms with Gasteiger partial charge < -0.3 is 10.1 Å². The number of aromatic nitrogens is 1. The van der Waals surface area contributed by atoms with E-state index >= 15 is 0 Å². The summed E-state index contributed by atoms with van der Waals surface area (Å²) < 4.78 is 11.8. The molecule has 0 aliphatic carbocycles. The fraction of sp³-hybridized carbons (Fsp3) is 0.458. The Labute approximate surface area is 178 Å². The fourth-order valence-electron chi connectivity index (χ4n) is 3.95. The van der Waals surface area contributed by atoms with Crippen LogP contribution in [0.3, 0.4) is 0 Å². The largest absolute Gasteiger partial charge is 0.494 e. The number of nitrogens with one attached hydrogen (secondary N) is 1. The quantitative estimate of drug-likeness (QED) is 0.467. The Hall–Kier alpha value is -2.11. The summed E-state index contributed by atoms with van der Waals surface area (Å²) in [4.78, 5) is 2.60. The van der Waals surface area contributed by atoms with Crippen molar-refractivity contribution in [3.63, 3.8) is 0 Å². The normalized spacial score (nSPS) is 15.7. The minimum Gasteiger partial charge on any atom is -0.494 e. The Morgan fingerprint density at radius 2 is 1.79 bits per heavy atom. The number of hydrogen-bond donors (Lipinski definition) is 1. The van der Waals surface area contributed by atoms with E-state index in [2.05, 4.69) is 63.1 Å². The van der Waals surface area contributed by atoms with Gasteiger partial charge in [-0.2, -0.15) is 4.37 Å². The highest BCUT2D eigenvalue weighted by atomic mass is 32.1. The molecule has 0 atom stereocenters. The summed E-state index contributed by atoms with van der Waals surface area (Å²) in [5.41, 5.74) is 1.36. The number of nitrogens with zero attached hydrogens (tertiary/aromatic N) is 2. The third kappa shape index (κ3) is 5.94. The smallest absolute Gasteiger partial charge is 0.147 e. The van der Waals surface area contributed by atoms with Crippen LogP contribution in [0.15, 0.2) is 48.5 Å². The Bertz CT molecular complexity index is 886. The first-order valence-corrected chi connectivity index (χ1v) is 11.7. The molecule has 0 unspecified atom stereocenters. The molecular formula is C24H31N3OS. The van der Waals surface area contributed by atoms with Gasteiger partial charge in [-0.05, 0) is 73.7 Å². The van der Waals surface area contributed by atoms with E-state index in [1.165, 1.54) is 60.8 Å². The van der Waals surface area contributed by atoms with Crippen molar-refractivity contribution in [2.75, 3.05) is 31.6 Å². The van der Waals surface area contributed by atoms with Gasteiger partial charge in [0.1, 0.15) is 11.6 Å². The maximum atomic E-state index is 6.01. The molecular weight excluding hydrogens is 378 g/mol. The molecule has 1 saturated heterocycles. The second-order valence-electron chi connectivity index (χ2n) is 7.85. The van der Waals surface area contributed by atoms with Crippen LogP contribution in [0.25, 0.3) is 10.1 Å². The maximum absolute atomic E-state index is 6.01. The highest BCUT2D eigenvalue weighted by Crippen LogP contribution is 2.26. The molecule has 1 N–H and O–H groups in total. The lowest BCUT2D eigenvalue weighted by molar-refractivity contribution is 0.239. The minimum absolute atomic E-state index is 0.711. The lowest BCUT2D eigenvalue weighted by Gasteiger charge is -2.24. The van der Waals surface area contributed by atoms with Crippen molar-refractivity contribution in [2.45, 2.75) is 45.1 Å². The van der Waals surface area contributed by atoms with Crippen molar-refractivity contribution in [3.8, 4) is 5.75 Å². The Balaban J connectivity index is 1.21. The predicted molar refractivity (Wildman–Crippen MR) is 123 cm³/mol. The van der Waals surface area contributed by atoms with Crippen LogP contribution in [-0.2, 0) is 6.54 Å². The average molecular weight is 410 g/mol. The molecule has 4 nitrogen and oxygen atoms in total. The zero-order valence-electron chi connectivity index (χ0n) is 17.1. The molecule has 1 aliphatic heterocycles. The number of anilines is 1. The van der Waals surface area contributed by atoms with Crippen LogP contribution in [-0.4, -0.2) is 35.5 Å². The Morgan fingerprint density at radius 3 is 2.69 bits per heavy atom. The topological polar surface area (TPSA) is 37.4 Å². The lowest BCUT2D eigenvalue weighted by atomic mass is 10.1. The third-order valence-electron chi connectivity index (χ3n) is 5.51. The first-order chi connectivity index (χ1) is 14.4. The van der Waals surface area contributed by atoms with Gasteiger partial charge in [-0.15, -0.1) is 0 Å². The molecule has 2 aromatic carbocycles. The molecule has 0 spiro atoms. The summed E-state index contributed by atoms with van der Waals surface area (Å²) >= 11 is 1.55. The summed E-state index contributed by atoms with van der Waals surface area (Å²) in [5.74, 6) is 1.97. The first kappa shape index (κ1) is 20.2. The average Bonchev–Trinajstić information content (AvgIpc) is 3.13. The number of benzene rings is 2. The second kappa shape index (κ2) is 10.6. The first-order valence-electron chi connectivity index (χ1n) is 10.9. The molecule has 3 aromatic rings. The molecule has 5 heteroatoms. The van der Waals surface area contributed by atoms with Gasteiger partial charge >= 0.3 is 0 Å². The summed E-state index contributed by atoms with van der Waals surface area (Å²) in [6, 6.07) is 17.0. The van der Waals surface area contributed by atoms with Gasteiger partial charge in [0, 0.05) is 18.5 Å². The van der Waals surface area contributed by atoms with Gasteiger partial charge in [0.15, 0.2) is 0 Å². The van der Waals surface area contributed by atoms with E-state index in [0.29, 0.717) is 6.61 Å². The maximum Gasteiger partial charge on any atom is 0.147 e. The van der Waals surface area contributed by atoms with E-state index in [1.54, 1.807) is 11.5 Å². The van der Waals surface area contributed by atoms with Crippen LogP contribution < -0.4 is 10.1 Å².